The van der Waals surface area contributed by atoms with Crippen LogP contribution in [0.3, 0.4) is 0 Å². The SMILES string of the molecule is CCNC(CCc1ccc(Br)cc1[N+](=O)[O-])COC. The summed E-state index contributed by atoms with van der Waals surface area (Å²) in [5.41, 5.74) is 0.925. The van der Waals surface area contributed by atoms with Gasteiger partial charge in [-0.25, -0.2) is 0 Å². The Morgan fingerprint density at radius 2 is 2.26 bits per heavy atom. The Kier molecular flexibility index (Phi) is 6.97. The van der Waals surface area contributed by atoms with E-state index >= 15 is 0 Å². The summed E-state index contributed by atoms with van der Waals surface area (Å²) in [6.07, 6.45) is 1.47. The van der Waals surface area contributed by atoms with Gasteiger partial charge in [0.2, 0.25) is 0 Å². The van der Waals surface area contributed by atoms with Gasteiger partial charge in [0.1, 0.15) is 0 Å². The van der Waals surface area contributed by atoms with Crippen LogP contribution < -0.4 is 5.32 Å². The molecular weight excluding hydrogens is 312 g/mol. The van der Waals surface area contributed by atoms with Crippen LogP contribution in [-0.4, -0.2) is 31.2 Å². The minimum absolute atomic E-state index is 0.169. The fourth-order valence-corrected chi connectivity index (χ4v) is 2.33. The maximum atomic E-state index is 11.0. The van der Waals surface area contributed by atoms with E-state index in [1.165, 1.54) is 0 Å². The summed E-state index contributed by atoms with van der Waals surface area (Å²) in [6.45, 7) is 3.50. The first kappa shape index (κ1) is 16.1. The van der Waals surface area contributed by atoms with Gasteiger partial charge in [-0.2, -0.15) is 0 Å². The van der Waals surface area contributed by atoms with Crippen LogP contribution in [0.25, 0.3) is 0 Å². The van der Waals surface area contributed by atoms with Crippen molar-refractivity contribution in [1.82, 2.24) is 5.32 Å². The van der Waals surface area contributed by atoms with E-state index in [4.69, 9.17) is 4.74 Å². The highest BCUT2D eigenvalue weighted by Crippen LogP contribution is 2.24. The molecule has 1 aromatic carbocycles. The summed E-state index contributed by atoms with van der Waals surface area (Å²) in [5.74, 6) is 0. The van der Waals surface area contributed by atoms with E-state index in [2.05, 4.69) is 21.2 Å². The molecule has 0 aliphatic rings. The Hall–Kier alpha value is -0.980. The predicted molar refractivity (Wildman–Crippen MR) is 78.5 cm³/mol. The second kappa shape index (κ2) is 8.24. The number of likely N-dealkylation sites (N-methyl/N-ethyl adjacent to an activating group) is 1. The number of hydrogen-bond donors (Lipinski definition) is 1. The zero-order valence-electron chi connectivity index (χ0n) is 11.2. The van der Waals surface area contributed by atoms with Crippen molar-refractivity contribution in [2.45, 2.75) is 25.8 Å². The first-order valence-corrected chi connectivity index (χ1v) is 7.03. The molecule has 106 valence electrons. The molecule has 0 aromatic heterocycles. The second-order valence-corrected chi connectivity index (χ2v) is 5.19. The lowest BCUT2D eigenvalue weighted by atomic mass is 10.0. The van der Waals surface area contributed by atoms with Crippen LogP contribution in [0.1, 0.15) is 18.9 Å². The van der Waals surface area contributed by atoms with Crippen molar-refractivity contribution < 1.29 is 9.66 Å². The maximum Gasteiger partial charge on any atom is 0.273 e. The molecule has 0 aliphatic heterocycles. The molecule has 0 amide bonds. The Morgan fingerprint density at radius 3 is 2.84 bits per heavy atom. The van der Waals surface area contributed by atoms with Gasteiger partial charge in [0.15, 0.2) is 0 Å². The molecule has 0 spiro atoms. The fraction of sp³-hybridized carbons (Fsp3) is 0.538. The van der Waals surface area contributed by atoms with Gasteiger partial charge in [-0.05, 0) is 25.5 Å². The number of nitro benzene ring substituents is 1. The second-order valence-electron chi connectivity index (χ2n) is 4.28. The summed E-state index contributed by atoms with van der Waals surface area (Å²) in [4.78, 5) is 10.7. The highest BCUT2D eigenvalue weighted by Gasteiger charge is 2.15. The lowest BCUT2D eigenvalue weighted by Gasteiger charge is -2.16. The van der Waals surface area contributed by atoms with Crippen molar-refractivity contribution in [2.24, 2.45) is 0 Å². The summed E-state index contributed by atoms with van der Waals surface area (Å²) < 4.78 is 5.86. The Balaban J connectivity index is 2.73. The highest BCUT2D eigenvalue weighted by atomic mass is 79.9. The number of nitrogens with one attached hydrogen (secondary N) is 1. The molecule has 0 heterocycles. The molecule has 0 aliphatic carbocycles. The third-order valence-corrected chi connectivity index (χ3v) is 3.36. The van der Waals surface area contributed by atoms with Crippen LogP contribution in [0, 0.1) is 10.1 Å². The molecule has 1 rings (SSSR count). The number of halogens is 1. The molecule has 0 bridgehead atoms. The van der Waals surface area contributed by atoms with Crippen LogP contribution in [0.2, 0.25) is 0 Å². The fourth-order valence-electron chi connectivity index (χ4n) is 1.98. The normalized spacial score (nSPS) is 12.4. The van der Waals surface area contributed by atoms with Crippen molar-refractivity contribution in [3.8, 4) is 0 Å². The summed E-state index contributed by atoms with van der Waals surface area (Å²) in [7, 11) is 1.66. The van der Waals surface area contributed by atoms with Crippen LogP contribution >= 0.6 is 15.9 Å². The number of hydrogen-bond acceptors (Lipinski definition) is 4. The van der Waals surface area contributed by atoms with Crippen LogP contribution in [0.5, 0.6) is 0 Å². The largest absolute Gasteiger partial charge is 0.383 e. The first-order chi connectivity index (χ1) is 9.08. The molecular formula is C13H19BrN2O3. The third-order valence-electron chi connectivity index (χ3n) is 2.87. The van der Waals surface area contributed by atoms with Crippen molar-refractivity contribution in [3.63, 3.8) is 0 Å². The van der Waals surface area contributed by atoms with E-state index in [1.54, 1.807) is 19.2 Å². The van der Waals surface area contributed by atoms with Gasteiger partial charge < -0.3 is 10.1 Å². The van der Waals surface area contributed by atoms with Crippen molar-refractivity contribution in [2.75, 3.05) is 20.3 Å². The van der Waals surface area contributed by atoms with Gasteiger partial charge in [-0.15, -0.1) is 0 Å². The standard InChI is InChI=1S/C13H19BrN2O3/c1-3-15-12(9-19-2)7-5-10-4-6-11(14)8-13(10)16(17)18/h4,6,8,12,15H,3,5,7,9H2,1-2H3. The average Bonchev–Trinajstić information content (AvgIpc) is 2.37. The van der Waals surface area contributed by atoms with E-state index in [-0.39, 0.29) is 16.7 Å². The minimum Gasteiger partial charge on any atom is -0.383 e. The molecule has 5 nitrogen and oxygen atoms in total. The molecule has 0 fully saturated rings. The molecule has 6 heteroatoms. The highest BCUT2D eigenvalue weighted by molar-refractivity contribution is 9.10. The zero-order valence-corrected chi connectivity index (χ0v) is 12.8. The molecule has 0 radical (unpaired) electrons. The number of rotatable bonds is 8. The van der Waals surface area contributed by atoms with Gasteiger partial charge in [0, 0.05) is 29.3 Å². The van der Waals surface area contributed by atoms with Crippen molar-refractivity contribution in [1.29, 1.82) is 0 Å². The molecule has 19 heavy (non-hydrogen) atoms. The topological polar surface area (TPSA) is 64.4 Å². The Bertz CT molecular complexity index is 420. The van der Waals surface area contributed by atoms with Gasteiger partial charge in [0.05, 0.1) is 11.5 Å². The smallest absolute Gasteiger partial charge is 0.273 e. The Morgan fingerprint density at radius 1 is 1.53 bits per heavy atom. The summed E-state index contributed by atoms with van der Waals surface area (Å²) in [6, 6.07) is 5.41. The molecule has 1 unspecified atom stereocenters. The molecule has 1 aromatic rings. The minimum atomic E-state index is -0.335. The first-order valence-electron chi connectivity index (χ1n) is 6.23. The maximum absolute atomic E-state index is 11.0. The number of ether oxygens (including phenoxy) is 1. The van der Waals surface area contributed by atoms with Crippen molar-refractivity contribution >= 4 is 21.6 Å². The third kappa shape index (κ3) is 5.26. The monoisotopic (exact) mass is 330 g/mol. The number of aryl methyl sites for hydroxylation is 1. The molecule has 0 saturated carbocycles. The van der Waals surface area contributed by atoms with Gasteiger partial charge >= 0.3 is 0 Å². The van der Waals surface area contributed by atoms with E-state index in [0.29, 0.717) is 13.0 Å². The van der Waals surface area contributed by atoms with E-state index in [9.17, 15) is 10.1 Å². The van der Waals surface area contributed by atoms with E-state index < -0.39 is 0 Å². The van der Waals surface area contributed by atoms with Gasteiger partial charge in [-0.3, -0.25) is 10.1 Å². The summed E-state index contributed by atoms with van der Waals surface area (Å²) >= 11 is 3.26. The lowest BCUT2D eigenvalue weighted by molar-refractivity contribution is -0.385. The predicted octanol–water partition coefficient (Wildman–Crippen LogP) is 2.91. The molecule has 1 atom stereocenters. The van der Waals surface area contributed by atoms with Gasteiger partial charge in [-0.1, -0.05) is 28.9 Å². The van der Waals surface area contributed by atoms with Crippen LogP contribution in [0.4, 0.5) is 5.69 Å². The number of methoxy groups -OCH3 is 1. The molecule has 0 saturated heterocycles. The van der Waals surface area contributed by atoms with Crippen LogP contribution in [-0.2, 0) is 11.2 Å². The number of benzene rings is 1. The van der Waals surface area contributed by atoms with Crippen molar-refractivity contribution in [3.05, 3.63) is 38.3 Å². The average molecular weight is 331 g/mol. The lowest BCUT2D eigenvalue weighted by Crippen LogP contribution is -2.33. The summed E-state index contributed by atoms with van der Waals surface area (Å²) in [5, 5.41) is 14.3. The number of nitrogens with zero attached hydrogens (tertiary/aromatic N) is 1. The van der Waals surface area contributed by atoms with Crippen LogP contribution in [0.15, 0.2) is 22.7 Å². The quantitative estimate of drug-likeness (QED) is 0.588. The van der Waals surface area contributed by atoms with Gasteiger partial charge in [0.25, 0.3) is 5.69 Å². The van der Waals surface area contributed by atoms with E-state index in [0.717, 1.165) is 23.0 Å². The number of nitro groups is 1. The molecule has 1 N–H and O–H groups in total. The Labute approximate surface area is 121 Å². The van der Waals surface area contributed by atoms with E-state index in [1.807, 2.05) is 13.0 Å². The zero-order chi connectivity index (χ0) is 14.3.